The molecule has 126 valence electrons. The number of rotatable bonds is 1. The highest BCUT2D eigenvalue weighted by Gasteiger charge is 2.53. The molecule has 1 aromatic carbocycles. The number of likely N-dealkylation sites (tertiary alicyclic amines) is 1. The van der Waals surface area contributed by atoms with Crippen molar-refractivity contribution < 1.29 is 27.5 Å². The molecule has 8 heteroatoms. The van der Waals surface area contributed by atoms with Crippen LogP contribution in [0.1, 0.15) is 18.9 Å². The maximum Gasteiger partial charge on any atom is 0.471 e. The maximum atomic E-state index is 12.7. The van der Waals surface area contributed by atoms with Crippen LogP contribution in [-0.2, 0) is 15.0 Å². The third kappa shape index (κ3) is 2.38. The fraction of sp³-hybridized carbons (Fsp3) is 0.312. The van der Waals surface area contributed by atoms with Crippen molar-refractivity contribution in [2.45, 2.75) is 24.9 Å². The Morgan fingerprint density at radius 2 is 2.08 bits per heavy atom. The van der Waals surface area contributed by atoms with Crippen LogP contribution in [-0.4, -0.2) is 35.7 Å². The van der Waals surface area contributed by atoms with Gasteiger partial charge in [0.05, 0.1) is 11.1 Å². The predicted octanol–water partition coefficient (Wildman–Crippen LogP) is 2.87. The lowest BCUT2D eigenvalue weighted by Gasteiger charge is -2.26. The number of aliphatic imine (C=N–C) groups is 1. The van der Waals surface area contributed by atoms with E-state index in [-0.39, 0.29) is 24.4 Å². The summed E-state index contributed by atoms with van der Waals surface area (Å²) in [4.78, 5) is 27.5. The molecule has 0 radical (unpaired) electrons. The van der Waals surface area contributed by atoms with Crippen LogP contribution in [0.2, 0.25) is 0 Å². The summed E-state index contributed by atoms with van der Waals surface area (Å²) in [5.74, 6) is -2.19. The van der Waals surface area contributed by atoms with Gasteiger partial charge in [-0.05, 0) is 30.2 Å². The molecule has 0 aliphatic carbocycles. The number of amides is 1. The lowest BCUT2D eigenvalue weighted by molar-refractivity contribution is -0.182. The minimum atomic E-state index is -4.97. The lowest BCUT2D eigenvalue weighted by atomic mass is 9.79. The summed E-state index contributed by atoms with van der Waals surface area (Å²) in [7, 11) is 0. The van der Waals surface area contributed by atoms with Crippen LogP contribution in [0.5, 0.6) is 5.75 Å². The molecule has 0 bridgehead atoms. The smallest absolute Gasteiger partial charge is 0.427 e. The van der Waals surface area contributed by atoms with Crippen molar-refractivity contribution in [2.24, 2.45) is 4.99 Å². The van der Waals surface area contributed by atoms with Gasteiger partial charge in [-0.25, -0.2) is 0 Å². The van der Waals surface area contributed by atoms with E-state index >= 15 is 0 Å². The Balaban J connectivity index is 1.98. The van der Waals surface area contributed by atoms with E-state index < -0.39 is 23.5 Å². The Morgan fingerprint density at radius 3 is 2.71 bits per heavy atom. The Hall–Kier alpha value is -2.64. The van der Waals surface area contributed by atoms with Crippen molar-refractivity contribution in [1.29, 1.82) is 0 Å². The zero-order valence-electron chi connectivity index (χ0n) is 12.7. The molecule has 3 rings (SSSR count). The number of carbonyl (C=O) groups excluding carboxylic acids is 2. The predicted molar refractivity (Wildman–Crippen MR) is 79.1 cm³/mol. The molecule has 5 nitrogen and oxygen atoms in total. The van der Waals surface area contributed by atoms with Crippen LogP contribution < -0.4 is 4.74 Å². The van der Waals surface area contributed by atoms with Crippen molar-refractivity contribution in [1.82, 2.24) is 4.90 Å². The van der Waals surface area contributed by atoms with Gasteiger partial charge < -0.3 is 9.64 Å². The number of ether oxygens (including phenoxy) is 1. The first-order valence-electron chi connectivity index (χ1n) is 7.11. The number of nitrogens with zero attached hydrogens (tertiary/aromatic N) is 2. The van der Waals surface area contributed by atoms with Crippen LogP contribution >= 0.6 is 0 Å². The standard InChI is InChI=1S/C16H13F3N2O3/c1-9-15(5-6-21(9)14(23)16(17,18)19)8-20-13-4-3-11(7-12(13)15)24-10(2)22/h3-4,7-8H,1,5-6H2,2H3. The largest absolute Gasteiger partial charge is 0.471 e. The first-order chi connectivity index (χ1) is 11.1. The molecular weight excluding hydrogens is 325 g/mol. The summed E-state index contributed by atoms with van der Waals surface area (Å²) < 4.78 is 43.2. The van der Waals surface area contributed by atoms with E-state index in [4.69, 9.17) is 4.74 Å². The molecule has 2 aliphatic heterocycles. The van der Waals surface area contributed by atoms with E-state index in [9.17, 15) is 22.8 Å². The molecule has 1 spiro atoms. The molecule has 2 heterocycles. The van der Waals surface area contributed by atoms with Gasteiger partial charge in [0, 0.05) is 25.4 Å². The molecule has 2 aliphatic rings. The minimum absolute atomic E-state index is 0.0206. The van der Waals surface area contributed by atoms with Gasteiger partial charge in [0.1, 0.15) is 5.75 Å². The minimum Gasteiger partial charge on any atom is -0.427 e. The van der Waals surface area contributed by atoms with Crippen molar-refractivity contribution in [3.8, 4) is 5.75 Å². The highest BCUT2D eigenvalue weighted by Crippen LogP contribution is 2.50. The van der Waals surface area contributed by atoms with Gasteiger partial charge in [0.25, 0.3) is 0 Å². The van der Waals surface area contributed by atoms with Crippen molar-refractivity contribution in [3.63, 3.8) is 0 Å². The van der Waals surface area contributed by atoms with E-state index in [0.29, 0.717) is 16.2 Å². The number of esters is 1. The van der Waals surface area contributed by atoms with Crippen molar-refractivity contribution in [3.05, 3.63) is 36.0 Å². The van der Waals surface area contributed by atoms with E-state index in [0.717, 1.165) is 0 Å². The van der Waals surface area contributed by atoms with E-state index in [1.165, 1.54) is 13.1 Å². The number of carbonyl (C=O) groups is 2. The van der Waals surface area contributed by atoms with E-state index in [1.807, 2.05) is 0 Å². The number of fused-ring (bicyclic) bond motifs is 2. The molecular formula is C16H13F3N2O3. The summed E-state index contributed by atoms with van der Waals surface area (Å²) in [6.45, 7) is 4.84. The zero-order valence-corrected chi connectivity index (χ0v) is 12.7. The number of halogens is 3. The molecule has 0 saturated carbocycles. The Kier molecular flexibility index (Phi) is 3.51. The average molecular weight is 338 g/mol. The molecule has 1 atom stereocenters. The number of benzene rings is 1. The third-order valence-electron chi connectivity index (χ3n) is 4.19. The normalized spacial score (nSPS) is 22.2. The Bertz CT molecular complexity index is 785. The highest BCUT2D eigenvalue weighted by molar-refractivity contribution is 5.93. The number of hydrogen-bond donors (Lipinski definition) is 0. The molecule has 1 fully saturated rings. The second-order valence-corrected chi connectivity index (χ2v) is 5.65. The van der Waals surface area contributed by atoms with Crippen LogP contribution in [0.15, 0.2) is 35.5 Å². The summed E-state index contributed by atoms with van der Waals surface area (Å²) in [5, 5.41) is 0. The van der Waals surface area contributed by atoms with Gasteiger partial charge in [-0.3, -0.25) is 14.6 Å². The van der Waals surface area contributed by atoms with Gasteiger partial charge in [0.15, 0.2) is 0 Å². The summed E-state index contributed by atoms with van der Waals surface area (Å²) >= 11 is 0. The molecule has 1 unspecified atom stereocenters. The Morgan fingerprint density at radius 1 is 1.38 bits per heavy atom. The van der Waals surface area contributed by atoms with Gasteiger partial charge in [-0.2, -0.15) is 13.2 Å². The summed E-state index contributed by atoms with van der Waals surface area (Å²) in [6.07, 6.45) is -3.23. The molecule has 1 aromatic rings. The van der Waals surface area contributed by atoms with Gasteiger partial charge in [0.2, 0.25) is 0 Å². The summed E-state index contributed by atoms with van der Waals surface area (Å²) in [6, 6.07) is 4.71. The first kappa shape index (κ1) is 16.2. The maximum absolute atomic E-state index is 12.7. The third-order valence-corrected chi connectivity index (χ3v) is 4.19. The zero-order chi connectivity index (χ0) is 17.7. The first-order valence-corrected chi connectivity index (χ1v) is 7.11. The van der Waals surface area contributed by atoms with Crippen LogP contribution in [0.4, 0.5) is 18.9 Å². The van der Waals surface area contributed by atoms with Gasteiger partial charge in [-0.1, -0.05) is 6.58 Å². The quantitative estimate of drug-likeness (QED) is 0.584. The average Bonchev–Trinajstić information content (AvgIpc) is 3.00. The molecule has 1 amide bonds. The lowest BCUT2D eigenvalue weighted by Crippen LogP contribution is -2.40. The molecule has 1 saturated heterocycles. The SMILES string of the molecule is C=C1N(C(=O)C(F)(F)F)CCC12C=Nc1ccc(OC(C)=O)cc12. The fourth-order valence-electron chi connectivity index (χ4n) is 3.08. The van der Waals surface area contributed by atoms with Crippen LogP contribution in [0.25, 0.3) is 0 Å². The van der Waals surface area contributed by atoms with Crippen LogP contribution in [0, 0.1) is 0 Å². The van der Waals surface area contributed by atoms with Crippen molar-refractivity contribution in [2.75, 3.05) is 6.54 Å². The monoisotopic (exact) mass is 338 g/mol. The summed E-state index contributed by atoms with van der Waals surface area (Å²) in [5.41, 5.74) is 0.149. The topological polar surface area (TPSA) is 59.0 Å². The van der Waals surface area contributed by atoms with Gasteiger partial charge >= 0.3 is 18.1 Å². The molecule has 24 heavy (non-hydrogen) atoms. The fourth-order valence-corrected chi connectivity index (χ4v) is 3.08. The number of hydrogen-bond acceptors (Lipinski definition) is 4. The van der Waals surface area contributed by atoms with E-state index in [1.54, 1.807) is 18.2 Å². The Labute approximate surface area is 135 Å². The van der Waals surface area contributed by atoms with Crippen LogP contribution in [0.3, 0.4) is 0 Å². The number of allylic oxidation sites excluding steroid dienone is 1. The second-order valence-electron chi connectivity index (χ2n) is 5.65. The van der Waals surface area contributed by atoms with Crippen molar-refractivity contribution >= 4 is 23.8 Å². The molecule has 0 N–H and O–H groups in total. The number of alkyl halides is 3. The highest BCUT2D eigenvalue weighted by atomic mass is 19.4. The molecule has 0 aromatic heterocycles. The second kappa shape index (κ2) is 5.19. The van der Waals surface area contributed by atoms with Gasteiger partial charge in [-0.15, -0.1) is 0 Å². The van der Waals surface area contributed by atoms with E-state index in [2.05, 4.69) is 11.6 Å².